The molecule has 1 atom stereocenters. The molecule has 1 saturated carbocycles. The Kier molecular flexibility index (Phi) is 4.56. The summed E-state index contributed by atoms with van der Waals surface area (Å²) in [5.74, 6) is 0.873. The van der Waals surface area contributed by atoms with Crippen LogP contribution in [0.3, 0.4) is 0 Å². The molecule has 134 valence electrons. The Balaban J connectivity index is 1.65. The Labute approximate surface area is 151 Å². The standard InChI is InChI=1S/C18H23ClN4O2/c1-10(11-4-6-20-7-5-11)21-15-9-13(17-22-23-18(24)25-17)8-14(16(15)19)12-2-3-12/h8-12,20-21H,2-7H2,1H3,(H,23,24)/t10-/m0/s1. The maximum Gasteiger partial charge on any atom is 0.434 e. The van der Waals surface area contributed by atoms with E-state index in [1.165, 1.54) is 0 Å². The normalized spacial score (nSPS) is 19.8. The number of piperidine rings is 1. The minimum atomic E-state index is -0.546. The van der Waals surface area contributed by atoms with Crippen molar-refractivity contribution in [1.29, 1.82) is 0 Å². The van der Waals surface area contributed by atoms with E-state index in [0.717, 1.165) is 60.6 Å². The Bertz CT molecular complexity index is 806. The highest BCUT2D eigenvalue weighted by atomic mass is 35.5. The third-order valence-corrected chi connectivity index (χ3v) is 5.70. The number of hydrogen-bond donors (Lipinski definition) is 3. The summed E-state index contributed by atoms with van der Waals surface area (Å²) in [6, 6.07) is 4.26. The number of hydrogen-bond acceptors (Lipinski definition) is 5. The third-order valence-electron chi connectivity index (χ3n) is 5.28. The van der Waals surface area contributed by atoms with E-state index in [9.17, 15) is 4.79 Å². The first-order valence-corrected chi connectivity index (χ1v) is 9.36. The van der Waals surface area contributed by atoms with Gasteiger partial charge in [-0.3, -0.25) is 0 Å². The Morgan fingerprint density at radius 1 is 1.28 bits per heavy atom. The highest BCUT2D eigenvalue weighted by Gasteiger charge is 2.29. The molecule has 2 aromatic rings. The first-order chi connectivity index (χ1) is 12.1. The van der Waals surface area contributed by atoms with Gasteiger partial charge in [-0.25, -0.2) is 9.89 Å². The average molecular weight is 363 g/mol. The van der Waals surface area contributed by atoms with E-state index < -0.39 is 5.76 Å². The highest BCUT2D eigenvalue weighted by molar-refractivity contribution is 6.34. The molecule has 1 aromatic carbocycles. The van der Waals surface area contributed by atoms with Crippen LogP contribution < -0.4 is 16.4 Å². The lowest BCUT2D eigenvalue weighted by Gasteiger charge is -2.30. The summed E-state index contributed by atoms with van der Waals surface area (Å²) >= 11 is 6.70. The zero-order valence-electron chi connectivity index (χ0n) is 14.3. The summed E-state index contributed by atoms with van der Waals surface area (Å²) in [5.41, 5.74) is 2.80. The first-order valence-electron chi connectivity index (χ1n) is 8.98. The van der Waals surface area contributed by atoms with Crippen LogP contribution in [0.15, 0.2) is 21.3 Å². The van der Waals surface area contributed by atoms with Gasteiger partial charge in [0.15, 0.2) is 0 Å². The van der Waals surface area contributed by atoms with Gasteiger partial charge in [0.1, 0.15) is 0 Å². The third kappa shape index (κ3) is 3.60. The van der Waals surface area contributed by atoms with Crippen LogP contribution in [0.4, 0.5) is 5.69 Å². The van der Waals surface area contributed by atoms with Crippen molar-refractivity contribution in [3.8, 4) is 11.5 Å². The molecule has 0 radical (unpaired) electrons. The maximum absolute atomic E-state index is 11.3. The van der Waals surface area contributed by atoms with Gasteiger partial charge in [0.05, 0.1) is 10.7 Å². The second-order valence-corrected chi connectivity index (χ2v) is 7.52. The van der Waals surface area contributed by atoms with Crippen molar-refractivity contribution in [1.82, 2.24) is 15.5 Å². The summed E-state index contributed by atoms with van der Waals surface area (Å²) in [5, 5.41) is 14.1. The second kappa shape index (κ2) is 6.84. The van der Waals surface area contributed by atoms with Crippen molar-refractivity contribution in [2.24, 2.45) is 5.92 Å². The zero-order chi connectivity index (χ0) is 17.4. The summed E-state index contributed by atoms with van der Waals surface area (Å²) in [7, 11) is 0. The van der Waals surface area contributed by atoms with Gasteiger partial charge in [0, 0.05) is 11.6 Å². The van der Waals surface area contributed by atoms with E-state index in [1.54, 1.807) is 0 Å². The van der Waals surface area contributed by atoms with Gasteiger partial charge in [0.2, 0.25) is 5.89 Å². The molecule has 1 aliphatic heterocycles. The van der Waals surface area contributed by atoms with Crippen molar-refractivity contribution in [2.45, 2.75) is 44.6 Å². The number of nitrogens with zero attached hydrogens (tertiary/aromatic N) is 1. The van der Waals surface area contributed by atoms with Gasteiger partial charge in [-0.15, -0.1) is 5.10 Å². The Morgan fingerprint density at radius 3 is 2.68 bits per heavy atom. The summed E-state index contributed by atoms with van der Waals surface area (Å²) in [4.78, 5) is 11.3. The van der Waals surface area contributed by atoms with Gasteiger partial charge in [0.25, 0.3) is 0 Å². The van der Waals surface area contributed by atoms with Gasteiger partial charge in [-0.05, 0) is 75.2 Å². The smallest absolute Gasteiger partial charge is 0.388 e. The van der Waals surface area contributed by atoms with E-state index in [4.69, 9.17) is 16.0 Å². The monoisotopic (exact) mass is 362 g/mol. The lowest BCUT2D eigenvalue weighted by atomic mass is 9.91. The molecular weight excluding hydrogens is 340 g/mol. The number of aromatic nitrogens is 2. The van der Waals surface area contributed by atoms with Crippen LogP contribution in [-0.2, 0) is 0 Å². The van der Waals surface area contributed by atoms with Crippen LogP contribution in [0, 0.1) is 5.92 Å². The molecule has 1 aromatic heterocycles. The van der Waals surface area contributed by atoms with Crippen LogP contribution in [0.2, 0.25) is 5.02 Å². The lowest BCUT2D eigenvalue weighted by Crippen LogP contribution is -2.36. The molecule has 0 spiro atoms. The zero-order valence-corrected chi connectivity index (χ0v) is 15.0. The quantitative estimate of drug-likeness (QED) is 0.759. The predicted octanol–water partition coefficient (Wildman–Crippen LogP) is 3.36. The Morgan fingerprint density at radius 2 is 2.04 bits per heavy atom. The van der Waals surface area contributed by atoms with Gasteiger partial charge in [-0.1, -0.05) is 11.6 Å². The minimum absolute atomic E-state index is 0.307. The fraction of sp³-hybridized carbons (Fsp3) is 0.556. The second-order valence-electron chi connectivity index (χ2n) is 7.14. The molecule has 0 amide bonds. The van der Waals surface area contributed by atoms with Crippen LogP contribution in [-0.4, -0.2) is 29.3 Å². The first kappa shape index (κ1) is 16.7. The maximum atomic E-state index is 11.3. The molecular formula is C18H23ClN4O2. The van der Waals surface area contributed by atoms with E-state index in [0.29, 0.717) is 23.8 Å². The summed E-state index contributed by atoms with van der Waals surface area (Å²) in [6.45, 7) is 4.34. The van der Waals surface area contributed by atoms with Crippen molar-refractivity contribution >= 4 is 17.3 Å². The number of rotatable bonds is 5. The molecule has 7 heteroatoms. The molecule has 6 nitrogen and oxygen atoms in total. The molecule has 1 saturated heterocycles. The minimum Gasteiger partial charge on any atom is -0.388 e. The number of nitrogens with one attached hydrogen (secondary N) is 3. The van der Waals surface area contributed by atoms with Crippen molar-refractivity contribution < 1.29 is 4.42 Å². The Hall–Kier alpha value is -1.79. The molecule has 0 bridgehead atoms. The van der Waals surface area contributed by atoms with E-state index >= 15 is 0 Å². The van der Waals surface area contributed by atoms with Crippen LogP contribution >= 0.6 is 11.6 Å². The topological polar surface area (TPSA) is 83.0 Å². The number of aromatic amines is 1. The number of anilines is 1. The summed E-state index contributed by atoms with van der Waals surface area (Å²) in [6.07, 6.45) is 4.62. The number of halogens is 1. The van der Waals surface area contributed by atoms with E-state index in [2.05, 4.69) is 27.8 Å². The molecule has 2 heterocycles. The fourth-order valence-corrected chi connectivity index (χ4v) is 3.95. The van der Waals surface area contributed by atoms with Crippen LogP contribution in [0.5, 0.6) is 0 Å². The molecule has 2 fully saturated rings. The highest BCUT2D eigenvalue weighted by Crippen LogP contribution is 2.47. The van der Waals surface area contributed by atoms with E-state index in [1.807, 2.05) is 12.1 Å². The lowest BCUT2D eigenvalue weighted by molar-refractivity contribution is 0.343. The van der Waals surface area contributed by atoms with Crippen molar-refractivity contribution in [2.75, 3.05) is 18.4 Å². The number of benzene rings is 1. The van der Waals surface area contributed by atoms with Crippen molar-refractivity contribution in [3.05, 3.63) is 33.3 Å². The number of H-pyrrole nitrogens is 1. The van der Waals surface area contributed by atoms with Crippen molar-refractivity contribution in [3.63, 3.8) is 0 Å². The molecule has 0 unspecified atom stereocenters. The summed E-state index contributed by atoms with van der Waals surface area (Å²) < 4.78 is 5.14. The molecule has 1 aliphatic carbocycles. The molecule has 3 N–H and O–H groups in total. The fourth-order valence-electron chi connectivity index (χ4n) is 3.63. The average Bonchev–Trinajstić information content (AvgIpc) is 3.38. The molecule has 25 heavy (non-hydrogen) atoms. The van der Waals surface area contributed by atoms with Crippen LogP contribution in [0.25, 0.3) is 11.5 Å². The molecule has 4 rings (SSSR count). The largest absolute Gasteiger partial charge is 0.434 e. The molecule has 2 aliphatic rings. The van der Waals surface area contributed by atoms with Gasteiger partial charge >= 0.3 is 5.76 Å². The van der Waals surface area contributed by atoms with Gasteiger partial charge < -0.3 is 15.1 Å². The van der Waals surface area contributed by atoms with Crippen LogP contribution in [0.1, 0.15) is 44.1 Å². The van der Waals surface area contributed by atoms with Gasteiger partial charge in [-0.2, -0.15) is 0 Å². The van der Waals surface area contributed by atoms with E-state index in [-0.39, 0.29) is 0 Å². The SMILES string of the molecule is C[C@H](Nc1cc(-c2n[nH]c(=O)o2)cc(C2CC2)c1Cl)C1CCNCC1. The predicted molar refractivity (Wildman–Crippen MR) is 98.2 cm³/mol.